The number of aromatic amines is 1. The number of nitrogens with one attached hydrogen (secondary N) is 3. The molecule has 3 N–H and O–H groups in total. The predicted molar refractivity (Wildman–Crippen MR) is 72.1 cm³/mol. The fraction of sp³-hybridized carbons (Fsp3) is 0.364. The van der Waals surface area contributed by atoms with E-state index in [0.717, 1.165) is 5.69 Å². The maximum absolute atomic E-state index is 12.2. The molecule has 0 aliphatic heterocycles. The van der Waals surface area contributed by atoms with Crippen molar-refractivity contribution in [1.29, 1.82) is 0 Å². The first-order valence-corrected chi connectivity index (χ1v) is 7.47. The molecular formula is C11H16N6O2S. The monoisotopic (exact) mass is 296 g/mol. The van der Waals surface area contributed by atoms with E-state index in [1.807, 2.05) is 0 Å². The van der Waals surface area contributed by atoms with Gasteiger partial charge in [-0.3, -0.25) is 5.10 Å². The van der Waals surface area contributed by atoms with Gasteiger partial charge in [-0.1, -0.05) is 0 Å². The lowest BCUT2D eigenvalue weighted by Gasteiger charge is -2.06. The number of aryl methyl sites for hydroxylation is 1. The van der Waals surface area contributed by atoms with E-state index >= 15 is 0 Å². The van der Waals surface area contributed by atoms with E-state index in [-0.39, 0.29) is 11.6 Å². The highest BCUT2D eigenvalue weighted by Gasteiger charge is 2.23. The van der Waals surface area contributed by atoms with Gasteiger partial charge in [0, 0.05) is 24.0 Å². The standard InChI is InChI=1S/C11H16N6O2S/c1-8-10(7-12-2)11(17-15-8)20(18,19)14-6-9-4-3-5-13-16-9/h3-5,12,14H,6-7H2,1-2H3,(H,15,17). The van der Waals surface area contributed by atoms with Crippen LogP contribution in [-0.2, 0) is 23.1 Å². The molecule has 0 radical (unpaired) electrons. The molecule has 108 valence electrons. The summed E-state index contributed by atoms with van der Waals surface area (Å²) >= 11 is 0. The quantitative estimate of drug-likeness (QED) is 0.675. The average Bonchev–Trinajstić information content (AvgIpc) is 2.81. The van der Waals surface area contributed by atoms with Gasteiger partial charge in [-0.25, -0.2) is 13.1 Å². The second-order valence-electron chi connectivity index (χ2n) is 4.20. The number of aromatic nitrogens is 4. The maximum Gasteiger partial charge on any atom is 0.260 e. The van der Waals surface area contributed by atoms with Crippen LogP contribution in [0.15, 0.2) is 23.4 Å². The largest absolute Gasteiger partial charge is 0.316 e. The zero-order valence-corrected chi connectivity index (χ0v) is 12.0. The lowest BCUT2D eigenvalue weighted by atomic mass is 10.3. The molecule has 20 heavy (non-hydrogen) atoms. The number of hydrogen-bond donors (Lipinski definition) is 3. The lowest BCUT2D eigenvalue weighted by Crippen LogP contribution is -2.26. The third kappa shape index (κ3) is 3.18. The predicted octanol–water partition coefficient (Wildman–Crippen LogP) is -0.294. The summed E-state index contributed by atoms with van der Waals surface area (Å²) in [5, 5.41) is 17.0. The first-order chi connectivity index (χ1) is 9.54. The maximum atomic E-state index is 12.2. The molecule has 0 fully saturated rings. The van der Waals surface area contributed by atoms with Crippen LogP contribution < -0.4 is 10.0 Å². The van der Waals surface area contributed by atoms with E-state index in [1.54, 1.807) is 26.1 Å². The van der Waals surface area contributed by atoms with Crippen LogP contribution in [0, 0.1) is 6.92 Å². The van der Waals surface area contributed by atoms with Crippen LogP contribution in [0.5, 0.6) is 0 Å². The molecule has 0 bridgehead atoms. The van der Waals surface area contributed by atoms with E-state index < -0.39 is 10.0 Å². The van der Waals surface area contributed by atoms with Crippen molar-refractivity contribution in [3.8, 4) is 0 Å². The van der Waals surface area contributed by atoms with Crippen molar-refractivity contribution in [3.05, 3.63) is 35.3 Å². The third-order valence-electron chi connectivity index (χ3n) is 2.71. The molecule has 0 amide bonds. The minimum atomic E-state index is -3.69. The highest BCUT2D eigenvalue weighted by Crippen LogP contribution is 2.15. The highest BCUT2D eigenvalue weighted by molar-refractivity contribution is 7.89. The van der Waals surface area contributed by atoms with E-state index in [0.29, 0.717) is 17.8 Å². The van der Waals surface area contributed by atoms with Crippen LogP contribution in [0.4, 0.5) is 0 Å². The van der Waals surface area contributed by atoms with Crippen molar-refractivity contribution in [2.45, 2.75) is 25.0 Å². The summed E-state index contributed by atoms with van der Waals surface area (Å²) in [7, 11) is -1.94. The van der Waals surface area contributed by atoms with Crippen molar-refractivity contribution >= 4 is 10.0 Å². The molecule has 2 aromatic heterocycles. The summed E-state index contributed by atoms with van der Waals surface area (Å²) in [6, 6.07) is 3.39. The van der Waals surface area contributed by atoms with Crippen molar-refractivity contribution in [2.75, 3.05) is 7.05 Å². The summed E-state index contributed by atoms with van der Waals surface area (Å²) in [5.74, 6) is 0. The Morgan fingerprint density at radius 3 is 2.80 bits per heavy atom. The normalized spacial score (nSPS) is 11.7. The molecule has 0 aliphatic rings. The first-order valence-electron chi connectivity index (χ1n) is 5.99. The summed E-state index contributed by atoms with van der Waals surface area (Å²) < 4.78 is 27.0. The van der Waals surface area contributed by atoms with Gasteiger partial charge in [0.2, 0.25) is 0 Å². The lowest BCUT2D eigenvalue weighted by molar-refractivity contribution is 0.573. The Kier molecular flexibility index (Phi) is 4.42. The molecule has 0 unspecified atom stereocenters. The van der Waals surface area contributed by atoms with E-state index in [1.165, 1.54) is 6.20 Å². The van der Waals surface area contributed by atoms with Gasteiger partial charge in [0.15, 0.2) is 5.03 Å². The van der Waals surface area contributed by atoms with Gasteiger partial charge >= 0.3 is 0 Å². The first kappa shape index (κ1) is 14.6. The van der Waals surface area contributed by atoms with Crippen molar-refractivity contribution in [1.82, 2.24) is 30.4 Å². The van der Waals surface area contributed by atoms with Crippen LogP contribution >= 0.6 is 0 Å². The Bertz CT molecular complexity index is 667. The third-order valence-corrected chi connectivity index (χ3v) is 4.09. The fourth-order valence-corrected chi connectivity index (χ4v) is 2.89. The number of sulfonamides is 1. The second-order valence-corrected chi connectivity index (χ2v) is 5.88. The molecule has 0 aromatic carbocycles. The molecule has 9 heteroatoms. The minimum absolute atomic E-state index is 0.00763. The topological polar surface area (TPSA) is 113 Å². The summed E-state index contributed by atoms with van der Waals surface area (Å²) in [4.78, 5) is 0. The Hall–Kier alpha value is -1.84. The SMILES string of the molecule is CNCc1c(S(=O)(=O)NCc2cccnn2)n[nH]c1C. The average molecular weight is 296 g/mol. The fourth-order valence-electron chi connectivity index (χ4n) is 1.70. The van der Waals surface area contributed by atoms with E-state index in [9.17, 15) is 8.42 Å². The summed E-state index contributed by atoms with van der Waals surface area (Å²) in [6.45, 7) is 2.27. The Morgan fingerprint density at radius 1 is 1.35 bits per heavy atom. The number of nitrogens with zero attached hydrogens (tertiary/aromatic N) is 3. The van der Waals surface area contributed by atoms with Crippen molar-refractivity contribution in [2.24, 2.45) is 0 Å². The van der Waals surface area contributed by atoms with Gasteiger partial charge in [-0.15, -0.1) is 0 Å². The number of rotatable bonds is 6. The molecule has 8 nitrogen and oxygen atoms in total. The van der Waals surface area contributed by atoms with Gasteiger partial charge in [0.1, 0.15) is 0 Å². The van der Waals surface area contributed by atoms with Crippen molar-refractivity contribution < 1.29 is 8.42 Å². The summed E-state index contributed by atoms with van der Waals surface area (Å²) in [5.41, 5.74) is 1.89. The molecule has 2 heterocycles. The van der Waals surface area contributed by atoms with Gasteiger partial charge in [-0.05, 0) is 26.1 Å². The van der Waals surface area contributed by atoms with Crippen LogP contribution in [0.25, 0.3) is 0 Å². The van der Waals surface area contributed by atoms with Crippen LogP contribution in [-0.4, -0.2) is 35.9 Å². The van der Waals surface area contributed by atoms with Gasteiger partial charge in [0.25, 0.3) is 10.0 Å². The minimum Gasteiger partial charge on any atom is -0.316 e. The van der Waals surface area contributed by atoms with Crippen LogP contribution in [0.1, 0.15) is 17.0 Å². The van der Waals surface area contributed by atoms with Gasteiger partial charge < -0.3 is 5.32 Å². The highest BCUT2D eigenvalue weighted by atomic mass is 32.2. The van der Waals surface area contributed by atoms with E-state index in [4.69, 9.17) is 0 Å². The van der Waals surface area contributed by atoms with Gasteiger partial charge in [-0.2, -0.15) is 15.3 Å². The summed E-state index contributed by atoms with van der Waals surface area (Å²) in [6.07, 6.45) is 1.53. The Balaban J connectivity index is 2.18. The number of hydrogen-bond acceptors (Lipinski definition) is 6. The molecule has 0 saturated heterocycles. The van der Waals surface area contributed by atoms with Crippen molar-refractivity contribution in [3.63, 3.8) is 0 Å². The zero-order valence-electron chi connectivity index (χ0n) is 11.2. The Morgan fingerprint density at radius 2 is 2.15 bits per heavy atom. The molecule has 0 saturated carbocycles. The number of H-pyrrole nitrogens is 1. The second kappa shape index (κ2) is 6.07. The molecule has 0 atom stereocenters. The zero-order chi connectivity index (χ0) is 14.6. The van der Waals surface area contributed by atoms with E-state index in [2.05, 4.69) is 30.4 Å². The van der Waals surface area contributed by atoms with Gasteiger partial charge in [0.05, 0.1) is 12.2 Å². The molecule has 2 aromatic rings. The molecular weight excluding hydrogens is 280 g/mol. The molecule has 2 rings (SSSR count). The molecule has 0 aliphatic carbocycles. The van der Waals surface area contributed by atoms with Crippen LogP contribution in [0.2, 0.25) is 0 Å². The Labute approximate surface area is 117 Å². The van der Waals surface area contributed by atoms with Crippen LogP contribution in [0.3, 0.4) is 0 Å². The smallest absolute Gasteiger partial charge is 0.260 e. The molecule has 0 spiro atoms.